The van der Waals surface area contributed by atoms with Crippen LogP contribution in [-0.2, 0) is 9.59 Å². The van der Waals surface area contributed by atoms with Crippen LogP contribution in [0.1, 0.15) is 81.0 Å². The molecule has 0 spiro atoms. The van der Waals surface area contributed by atoms with Crippen molar-refractivity contribution in [3.8, 4) is 0 Å². The quantitative estimate of drug-likeness (QED) is 0.643. The summed E-state index contributed by atoms with van der Waals surface area (Å²) in [7, 11) is 0. The van der Waals surface area contributed by atoms with Crippen molar-refractivity contribution in [2.75, 3.05) is 13.1 Å². The van der Waals surface area contributed by atoms with Crippen LogP contribution in [0.2, 0.25) is 0 Å². The van der Waals surface area contributed by atoms with Crippen molar-refractivity contribution in [3.63, 3.8) is 0 Å². The Bertz CT molecular complexity index is 975. The second-order valence-corrected chi connectivity index (χ2v) is 11.8. The second-order valence-electron chi connectivity index (χ2n) is 10.9. The summed E-state index contributed by atoms with van der Waals surface area (Å²) in [5, 5.41) is 17.2. The van der Waals surface area contributed by atoms with E-state index in [4.69, 9.17) is 4.52 Å². The molecule has 186 valence electrons. The number of aliphatic hydroxyl groups is 1. The van der Waals surface area contributed by atoms with Gasteiger partial charge in [-0.05, 0) is 49.9 Å². The lowest BCUT2D eigenvalue weighted by molar-refractivity contribution is -0.142. The summed E-state index contributed by atoms with van der Waals surface area (Å²) < 4.78 is 5.33. The Kier molecular flexibility index (Phi) is 7.42. The summed E-state index contributed by atoms with van der Waals surface area (Å²) in [6.45, 7) is 8.72. The Morgan fingerprint density at radius 2 is 2.03 bits per heavy atom. The summed E-state index contributed by atoms with van der Waals surface area (Å²) in [5.74, 6) is 0.507. The predicted octanol–water partition coefficient (Wildman–Crippen LogP) is 3.62. The monoisotopic (exact) mass is 488 g/mol. The van der Waals surface area contributed by atoms with E-state index in [9.17, 15) is 14.7 Å². The number of carbonyl (C=O) groups is 2. The van der Waals surface area contributed by atoms with Gasteiger partial charge in [-0.1, -0.05) is 25.9 Å². The molecule has 1 aliphatic carbocycles. The first kappa shape index (κ1) is 24.9. The molecule has 8 nitrogen and oxygen atoms in total. The fourth-order valence-corrected chi connectivity index (χ4v) is 6.44. The Morgan fingerprint density at radius 1 is 1.29 bits per heavy atom. The Morgan fingerprint density at radius 3 is 2.62 bits per heavy atom. The summed E-state index contributed by atoms with van der Waals surface area (Å²) in [6.07, 6.45) is 5.42. The topological polar surface area (TPSA) is 109 Å². The third-order valence-corrected chi connectivity index (χ3v) is 8.38. The molecular formula is C25H36N4O4S. The van der Waals surface area contributed by atoms with Crippen LogP contribution >= 0.6 is 11.3 Å². The van der Waals surface area contributed by atoms with Gasteiger partial charge in [-0.3, -0.25) is 9.59 Å². The molecular weight excluding hydrogens is 452 g/mol. The Balaban J connectivity index is 1.36. The molecule has 1 saturated heterocycles. The minimum absolute atomic E-state index is 0.150. The molecule has 4 rings (SSSR count). The Labute approximate surface area is 205 Å². The number of rotatable bonds is 6. The maximum atomic E-state index is 13.6. The largest absolute Gasteiger partial charge is 0.391 e. The average molecular weight is 489 g/mol. The van der Waals surface area contributed by atoms with Crippen molar-refractivity contribution in [1.82, 2.24) is 20.4 Å². The standard InChI is InChI=1S/C25H36N4O4S/c1-15-22(34-14-27-15)17-7-5-16(6-8-17)12-26-23(31)19-11-18(30)13-29(19)24(32)21(25(2,3)4)20-9-10-28-33-20/h9-10,14,16-19,21,30H,5-8,11-13H2,1-4H3,(H,26,31)/t16?,17?,18-,19+,21-/m1/s1. The highest BCUT2D eigenvalue weighted by atomic mass is 32.1. The first-order valence-corrected chi connectivity index (χ1v) is 13.1. The van der Waals surface area contributed by atoms with Crippen molar-refractivity contribution in [1.29, 1.82) is 0 Å². The molecule has 2 aromatic heterocycles. The molecule has 0 bridgehead atoms. The SMILES string of the molecule is Cc1ncsc1C1CCC(CNC(=O)[C@@H]2C[C@@H](O)CN2C(=O)[C@@H](c2ccno2)C(C)(C)C)CC1. The van der Waals surface area contributed by atoms with Crippen LogP contribution in [0.3, 0.4) is 0 Å². The lowest BCUT2D eigenvalue weighted by Crippen LogP contribution is -2.49. The van der Waals surface area contributed by atoms with Crippen LogP contribution in [0.5, 0.6) is 0 Å². The summed E-state index contributed by atoms with van der Waals surface area (Å²) in [6, 6.07) is 1.02. The van der Waals surface area contributed by atoms with Crippen molar-refractivity contribution in [2.45, 2.75) is 83.8 Å². The van der Waals surface area contributed by atoms with Gasteiger partial charge < -0.3 is 19.8 Å². The third kappa shape index (κ3) is 5.35. The van der Waals surface area contributed by atoms with Crippen molar-refractivity contribution in [2.24, 2.45) is 11.3 Å². The number of nitrogens with zero attached hydrogens (tertiary/aromatic N) is 3. The van der Waals surface area contributed by atoms with Crippen molar-refractivity contribution >= 4 is 23.2 Å². The van der Waals surface area contributed by atoms with Crippen LogP contribution < -0.4 is 5.32 Å². The minimum atomic E-state index is -0.715. The van der Waals surface area contributed by atoms with Crippen molar-refractivity contribution < 1.29 is 19.2 Å². The molecule has 2 aromatic rings. The third-order valence-electron chi connectivity index (χ3n) is 7.29. The molecule has 0 radical (unpaired) electrons. The zero-order valence-electron chi connectivity index (χ0n) is 20.5. The van der Waals surface area contributed by atoms with Gasteiger partial charge in [0.1, 0.15) is 17.7 Å². The van der Waals surface area contributed by atoms with Gasteiger partial charge in [-0.15, -0.1) is 11.3 Å². The fourth-order valence-electron chi connectivity index (χ4n) is 5.46. The molecule has 2 N–H and O–H groups in total. The van der Waals surface area contributed by atoms with Crippen molar-refractivity contribution in [3.05, 3.63) is 34.1 Å². The smallest absolute Gasteiger partial charge is 0.242 e. The molecule has 2 aliphatic rings. The number of amides is 2. The summed E-state index contributed by atoms with van der Waals surface area (Å²) in [5.41, 5.74) is 2.64. The Hall–Kier alpha value is -2.26. The number of nitrogens with one attached hydrogen (secondary N) is 1. The van der Waals surface area contributed by atoms with Gasteiger partial charge >= 0.3 is 0 Å². The van der Waals surface area contributed by atoms with Gasteiger partial charge in [0.25, 0.3) is 0 Å². The number of hydrogen-bond acceptors (Lipinski definition) is 7. The maximum absolute atomic E-state index is 13.6. The average Bonchev–Trinajstić information content (AvgIpc) is 3.53. The number of aromatic nitrogens is 2. The van der Waals surface area contributed by atoms with E-state index in [1.54, 1.807) is 17.4 Å². The number of carbonyl (C=O) groups excluding carboxylic acids is 2. The number of aliphatic hydroxyl groups excluding tert-OH is 1. The molecule has 0 unspecified atom stereocenters. The van der Waals surface area contributed by atoms with E-state index in [1.807, 2.05) is 26.3 Å². The van der Waals surface area contributed by atoms with Gasteiger partial charge in [0.15, 0.2) is 0 Å². The maximum Gasteiger partial charge on any atom is 0.242 e. The second kappa shape index (κ2) is 10.2. The molecule has 2 amide bonds. The van der Waals surface area contributed by atoms with Gasteiger partial charge in [-0.2, -0.15) is 0 Å². The number of hydrogen-bond donors (Lipinski definition) is 2. The molecule has 0 aromatic carbocycles. The molecule has 3 atom stereocenters. The van der Waals surface area contributed by atoms with Crippen LogP contribution in [-0.4, -0.2) is 57.2 Å². The van der Waals surface area contributed by atoms with E-state index < -0.39 is 23.5 Å². The van der Waals surface area contributed by atoms with Gasteiger partial charge in [0.05, 0.1) is 23.5 Å². The molecule has 2 fully saturated rings. The highest BCUT2D eigenvalue weighted by molar-refractivity contribution is 7.09. The van der Waals surface area contributed by atoms with Crippen LogP contribution in [0, 0.1) is 18.3 Å². The minimum Gasteiger partial charge on any atom is -0.391 e. The number of aryl methyl sites for hydroxylation is 1. The van der Waals surface area contributed by atoms with E-state index in [2.05, 4.69) is 22.4 Å². The van der Waals surface area contributed by atoms with Crippen LogP contribution in [0.25, 0.3) is 0 Å². The number of thiazole rings is 1. The zero-order chi connectivity index (χ0) is 24.5. The van der Waals surface area contributed by atoms with E-state index in [0.717, 1.165) is 31.4 Å². The van der Waals surface area contributed by atoms with Crippen LogP contribution in [0.15, 0.2) is 22.3 Å². The predicted molar refractivity (Wildman–Crippen MR) is 129 cm³/mol. The lowest BCUT2D eigenvalue weighted by Gasteiger charge is -2.34. The molecule has 9 heteroatoms. The van der Waals surface area contributed by atoms with E-state index >= 15 is 0 Å². The lowest BCUT2D eigenvalue weighted by atomic mass is 9.78. The zero-order valence-corrected chi connectivity index (χ0v) is 21.3. The van der Waals surface area contributed by atoms with Gasteiger partial charge in [0.2, 0.25) is 11.8 Å². The van der Waals surface area contributed by atoms with E-state index in [-0.39, 0.29) is 24.8 Å². The summed E-state index contributed by atoms with van der Waals surface area (Å²) in [4.78, 5) is 34.0. The fraction of sp³-hybridized carbons (Fsp3) is 0.680. The summed E-state index contributed by atoms with van der Waals surface area (Å²) >= 11 is 1.75. The number of likely N-dealkylation sites (tertiary alicyclic amines) is 1. The van der Waals surface area contributed by atoms with Gasteiger partial charge in [-0.25, -0.2) is 4.98 Å². The molecule has 3 heterocycles. The highest BCUT2D eigenvalue weighted by Crippen LogP contribution is 2.39. The van der Waals surface area contributed by atoms with E-state index in [0.29, 0.717) is 24.1 Å². The molecule has 1 aliphatic heterocycles. The normalized spacial score (nSPS) is 26.4. The van der Waals surface area contributed by atoms with E-state index in [1.165, 1.54) is 16.0 Å². The number of β-amino-alcohol motifs (C(OH)–C–C–N with tert-alkyl or cyclic N) is 1. The van der Waals surface area contributed by atoms with Crippen LogP contribution in [0.4, 0.5) is 0 Å². The molecule has 1 saturated carbocycles. The highest BCUT2D eigenvalue weighted by Gasteiger charge is 2.45. The first-order valence-electron chi connectivity index (χ1n) is 12.2. The first-order chi connectivity index (χ1) is 16.1. The van der Waals surface area contributed by atoms with Gasteiger partial charge in [0, 0.05) is 30.5 Å². The molecule has 34 heavy (non-hydrogen) atoms.